The van der Waals surface area contributed by atoms with E-state index < -0.39 is 0 Å². The third-order valence-electron chi connectivity index (χ3n) is 2.29. The minimum atomic E-state index is 0.751. The van der Waals surface area contributed by atoms with Crippen molar-refractivity contribution < 1.29 is 4.74 Å². The van der Waals surface area contributed by atoms with Crippen molar-refractivity contribution in [2.24, 2.45) is 0 Å². The van der Waals surface area contributed by atoms with Gasteiger partial charge in [-0.25, -0.2) is 0 Å². The van der Waals surface area contributed by atoms with Gasteiger partial charge in [-0.2, -0.15) is 0 Å². The highest BCUT2D eigenvalue weighted by Gasteiger charge is 2.03. The van der Waals surface area contributed by atoms with Crippen LogP contribution in [0, 0.1) is 0 Å². The topological polar surface area (TPSA) is 9.23 Å². The van der Waals surface area contributed by atoms with Crippen molar-refractivity contribution in [1.82, 2.24) is 0 Å². The van der Waals surface area contributed by atoms with Gasteiger partial charge in [0.25, 0.3) is 0 Å². The van der Waals surface area contributed by atoms with E-state index in [1.807, 2.05) is 12.1 Å². The van der Waals surface area contributed by atoms with Gasteiger partial charge in [-0.05, 0) is 37.0 Å². The van der Waals surface area contributed by atoms with Crippen molar-refractivity contribution in [2.45, 2.75) is 39.5 Å². The molecule has 1 rings (SSSR count). The minimum Gasteiger partial charge on any atom is -0.493 e. The Bertz CT molecular complexity index is 297. The lowest BCUT2D eigenvalue weighted by molar-refractivity contribution is 0.314. The zero-order chi connectivity index (χ0) is 11.1. The Morgan fingerprint density at radius 3 is 2.67 bits per heavy atom. The van der Waals surface area contributed by atoms with Crippen LogP contribution in [-0.4, -0.2) is 6.61 Å². The van der Waals surface area contributed by atoms with Crippen LogP contribution in [0.25, 0.3) is 0 Å². The molecule has 0 amide bonds. The van der Waals surface area contributed by atoms with Crippen LogP contribution in [0.5, 0.6) is 5.75 Å². The molecule has 1 aromatic carbocycles. The summed E-state index contributed by atoms with van der Waals surface area (Å²) in [5, 5.41) is 0.751. The molecule has 84 valence electrons. The molecule has 1 aromatic rings. The lowest BCUT2D eigenvalue weighted by Crippen LogP contribution is -1.99. The zero-order valence-corrected chi connectivity index (χ0v) is 10.3. The van der Waals surface area contributed by atoms with Crippen LogP contribution in [0.2, 0.25) is 5.02 Å². The third kappa shape index (κ3) is 4.13. The van der Waals surface area contributed by atoms with Gasteiger partial charge in [0, 0.05) is 5.02 Å². The van der Waals surface area contributed by atoms with Gasteiger partial charge < -0.3 is 4.74 Å². The van der Waals surface area contributed by atoms with E-state index in [0.717, 1.165) is 30.2 Å². The lowest BCUT2D eigenvalue weighted by Gasteiger charge is -2.10. The maximum absolute atomic E-state index is 5.95. The molecular weight excluding hydrogens is 208 g/mol. The first-order valence-corrected chi connectivity index (χ1v) is 6.07. The summed E-state index contributed by atoms with van der Waals surface area (Å²) >= 11 is 5.95. The molecule has 0 aliphatic carbocycles. The van der Waals surface area contributed by atoms with E-state index in [0.29, 0.717) is 0 Å². The van der Waals surface area contributed by atoms with E-state index in [4.69, 9.17) is 16.3 Å². The van der Waals surface area contributed by atoms with E-state index in [-0.39, 0.29) is 0 Å². The molecule has 0 aliphatic heterocycles. The van der Waals surface area contributed by atoms with Crippen molar-refractivity contribution in [3.8, 4) is 5.75 Å². The van der Waals surface area contributed by atoms with Gasteiger partial charge in [-0.3, -0.25) is 0 Å². The van der Waals surface area contributed by atoms with Gasteiger partial charge in [-0.1, -0.05) is 37.9 Å². The van der Waals surface area contributed by atoms with Crippen LogP contribution >= 0.6 is 11.6 Å². The molecule has 0 radical (unpaired) electrons. The molecular formula is C13H19ClO. The zero-order valence-electron chi connectivity index (χ0n) is 9.55. The summed E-state index contributed by atoms with van der Waals surface area (Å²) < 4.78 is 5.68. The van der Waals surface area contributed by atoms with Crippen LogP contribution in [0.15, 0.2) is 18.2 Å². The number of benzene rings is 1. The highest BCUT2D eigenvalue weighted by molar-refractivity contribution is 6.30. The summed E-state index contributed by atoms with van der Waals surface area (Å²) in [5.41, 5.74) is 1.27. The Balaban J connectivity index is 2.73. The SMILES string of the molecule is CCCCc1ccc(Cl)cc1OCCC. The Morgan fingerprint density at radius 2 is 2.00 bits per heavy atom. The van der Waals surface area contributed by atoms with Crippen LogP contribution in [-0.2, 0) is 6.42 Å². The molecule has 0 bridgehead atoms. The summed E-state index contributed by atoms with van der Waals surface area (Å²) in [6.45, 7) is 5.07. The molecule has 0 saturated heterocycles. The summed E-state index contributed by atoms with van der Waals surface area (Å²) in [5.74, 6) is 0.956. The molecule has 0 heterocycles. The number of halogens is 1. The van der Waals surface area contributed by atoms with E-state index >= 15 is 0 Å². The van der Waals surface area contributed by atoms with E-state index in [2.05, 4.69) is 19.9 Å². The number of hydrogen-bond donors (Lipinski definition) is 0. The predicted octanol–water partition coefficient (Wildman–Crippen LogP) is 4.47. The molecule has 1 nitrogen and oxygen atoms in total. The van der Waals surface area contributed by atoms with Crippen LogP contribution in [0.3, 0.4) is 0 Å². The highest BCUT2D eigenvalue weighted by atomic mass is 35.5. The largest absolute Gasteiger partial charge is 0.493 e. The standard InChI is InChI=1S/C13H19ClO/c1-3-5-6-11-7-8-12(14)10-13(11)15-9-4-2/h7-8,10H,3-6,9H2,1-2H3. The Labute approximate surface area is 97.4 Å². The predicted molar refractivity (Wildman–Crippen MR) is 65.9 cm³/mol. The van der Waals surface area contributed by atoms with Gasteiger partial charge in [0.1, 0.15) is 5.75 Å². The maximum Gasteiger partial charge on any atom is 0.123 e. The van der Waals surface area contributed by atoms with Gasteiger partial charge >= 0.3 is 0 Å². The average molecular weight is 227 g/mol. The van der Waals surface area contributed by atoms with E-state index in [1.54, 1.807) is 0 Å². The Morgan fingerprint density at radius 1 is 1.20 bits per heavy atom. The van der Waals surface area contributed by atoms with Crippen LogP contribution in [0.4, 0.5) is 0 Å². The number of hydrogen-bond acceptors (Lipinski definition) is 1. The van der Waals surface area contributed by atoms with Gasteiger partial charge in [0.05, 0.1) is 6.61 Å². The van der Waals surface area contributed by atoms with Gasteiger partial charge in [0.15, 0.2) is 0 Å². The number of aryl methyl sites for hydroxylation is 1. The molecule has 0 atom stereocenters. The van der Waals surface area contributed by atoms with Crippen molar-refractivity contribution in [3.63, 3.8) is 0 Å². The Kier molecular flexibility index (Phi) is 5.56. The lowest BCUT2D eigenvalue weighted by atomic mass is 10.1. The van der Waals surface area contributed by atoms with Crippen molar-refractivity contribution >= 4 is 11.6 Å². The molecule has 0 aliphatic rings. The van der Waals surface area contributed by atoms with Gasteiger partial charge in [0.2, 0.25) is 0 Å². The second-order valence-corrected chi connectivity index (χ2v) is 4.14. The number of ether oxygens (including phenoxy) is 1. The maximum atomic E-state index is 5.95. The summed E-state index contributed by atoms with van der Waals surface area (Å²) in [7, 11) is 0. The molecule has 0 fully saturated rings. The van der Waals surface area contributed by atoms with Crippen molar-refractivity contribution in [1.29, 1.82) is 0 Å². The average Bonchev–Trinajstić information content (AvgIpc) is 2.25. The molecule has 15 heavy (non-hydrogen) atoms. The fraction of sp³-hybridized carbons (Fsp3) is 0.538. The summed E-state index contributed by atoms with van der Waals surface area (Å²) in [6, 6.07) is 5.93. The molecule has 0 spiro atoms. The van der Waals surface area contributed by atoms with E-state index in [9.17, 15) is 0 Å². The second kappa shape index (κ2) is 6.73. The minimum absolute atomic E-state index is 0.751. The first-order chi connectivity index (χ1) is 7.27. The molecule has 0 aromatic heterocycles. The highest BCUT2D eigenvalue weighted by Crippen LogP contribution is 2.25. The molecule has 2 heteroatoms. The van der Waals surface area contributed by atoms with Crippen molar-refractivity contribution in [2.75, 3.05) is 6.61 Å². The first kappa shape index (κ1) is 12.4. The quantitative estimate of drug-likeness (QED) is 0.696. The smallest absolute Gasteiger partial charge is 0.123 e. The summed E-state index contributed by atoms with van der Waals surface area (Å²) in [6.07, 6.45) is 4.51. The fourth-order valence-corrected chi connectivity index (χ4v) is 1.61. The van der Waals surface area contributed by atoms with Crippen LogP contribution < -0.4 is 4.74 Å². The summed E-state index contributed by atoms with van der Waals surface area (Å²) in [4.78, 5) is 0. The monoisotopic (exact) mass is 226 g/mol. The molecule has 0 N–H and O–H groups in total. The van der Waals surface area contributed by atoms with E-state index in [1.165, 1.54) is 18.4 Å². The second-order valence-electron chi connectivity index (χ2n) is 3.70. The first-order valence-electron chi connectivity index (χ1n) is 5.69. The Hall–Kier alpha value is -0.690. The normalized spacial score (nSPS) is 10.3. The molecule has 0 saturated carbocycles. The van der Waals surface area contributed by atoms with Gasteiger partial charge in [-0.15, -0.1) is 0 Å². The number of unbranched alkanes of at least 4 members (excludes halogenated alkanes) is 1. The number of rotatable bonds is 6. The third-order valence-corrected chi connectivity index (χ3v) is 2.53. The molecule has 0 unspecified atom stereocenters. The van der Waals surface area contributed by atoms with Crippen LogP contribution in [0.1, 0.15) is 38.7 Å². The fourth-order valence-electron chi connectivity index (χ4n) is 1.45. The van der Waals surface area contributed by atoms with Crippen molar-refractivity contribution in [3.05, 3.63) is 28.8 Å².